The highest BCUT2D eigenvalue weighted by Crippen LogP contribution is 2.17. The molecular weight excluding hydrogens is 236 g/mol. The molecule has 0 bridgehead atoms. The van der Waals surface area contributed by atoms with Crippen molar-refractivity contribution >= 4 is 5.91 Å². The third-order valence-corrected chi connectivity index (χ3v) is 3.09. The topological polar surface area (TPSA) is 42.0 Å². The molecule has 1 aromatic heterocycles. The lowest BCUT2D eigenvalue weighted by atomic mass is 10.1. The van der Waals surface area contributed by atoms with E-state index in [0.29, 0.717) is 5.69 Å². The van der Waals surface area contributed by atoms with Crippen LogP contribution in [0.15, 0.2) is 48.7 Å². The third-order valence-electron chi connectivity index (χ3n) is 3.09. The Morgan fingerprint density at radius 1 is 1.16 bits per heavy atom. The number of aromatic nitrogens is 1. The lowest BCUT2D eigenvalue weighted by Crippen LogP contribution is -2.32. The van der Waals surface area contributed by atoms with Gasteiger partial charge in [0.15, 0.2) is 0 Å². The van der Waals surface area contributed by atoms with Gasteiger partial charge in [-0.15, -0.1) is 0 Å². The fourth-order valence-corrected chi connectivity index (χ4v) is 1.73. The third kappa shape index (κ3) is 3.41. The Hall–Kier alpha value is -2.16. The van der Waals surface area contributed by atoms with Gasteiger partial charge >= 0.3 is 0 Å². The van der Waals surface area contributed by atoms with Gasteiger partial charge in [0.05, 0.1) is 0 Å². The predicted octanol–water partition coefficient (Wildman–Crippen LogP) is 3.28. The fourth-order valence-electron chi connectivity index (χ4n) is 1.73. The Morgan fingerprint density at radius 3 is 2.47 bits per heavy atom. The highest BCUT2D eigenvalue weighted by Gasteiger charge is 2.09. The molecule has 2 aromatic rings. The van der Waals surface area contributed by atoms with Gasteiger partial charge in [-0.1, -0.05) is 43.3 Å². The largest absolute Gasteiger partial charge is 0.348 e. The highest BCUT2D eigenvalue weighted by molar-refractivity contribution is 5.92. The van der Waals surface area contributed by atoms with E-state index in [9.17, 15) is 4.79 Å². The molecule has 0 saturated heterocycles. The van der Waals surface area contributed by atoms with Crippen LogP contribution in [0.1, 0.15) is 30.8 Å². The Kier molecular flexibility index (Phi) is 4.29. The van der Waals surface area contributed by atoms with Crippen LogP contribution in [0.5, 0.6) is 0 Å². The summed E-state index contributed by atoms with van der Waals surface area (Å²) in [4.78, 5) is 16.1. The van der Waals surface area contributed by atoms with Crippen molar-refractivity contribution in [2.75, 3.05) is 0 Å². The number of pyridine rings is 1. The lowest BCUT2D eigenvalue weighted by molar-refractivity contribution is 0.0934. The summed E-state index contributed by atoms with van der Waals surface area (Å²) < 4.78 is 0. The Bertz CT molecular complexity index is 534. The smallest absolute Gasteiger partial charge is 0.270 e. The van der Waals surface area contributed by atoms with Crippen molar-refractivity contribution in [1.29, 1.82) is 0 Å². The molecule has 1 unspecified atom stereocenters. The van der Waals surface area contributed by atoms with Gasteiger partial charge in [0.25, 0.3) is 5.91 Å². The molecule has 0 spiro atoms. The molecule has 19 heavy (non-hydrogen) atoms. The van der Waals surface area contributed by atoms with E-state index in [1.807, 2.05) is 50.2 Å². The SMILES string of the molecule is CCC(C)NC(=O)c1ccc(-c2ccccc2)cn1. The van der Waals surface area contributed by atoms with Crippen LogP contribution in [0.25, 0.3) is 11.1 Å². The van der Waals surface area contributed by atoms with Crippen molar-refractivity contribution in [3.8, 4) is 11.1 Å². The summed E-state index contributed by atoms with van der Waals surface area (Å²) in [5, 5.41) is 2.90. The maximum absolute atomic E-state index is 11.9. The molecule has 0 aliphatic carbocycles. The first-order valence-corrected chi connectivity index (χ1v) is 6.53. The van der Waals surface area contributed by atoms with Gasteiger partial charge in [0.2, 0.25) is 0 Å². The highest BCUT2D eigenvalue weighted by atomic mass is 16.1. The predicted molar refractivity (Wildman–Crippen MR) is 76.9 cm³/mol. The maximum Gasteiger partial charge on any atom is 0.270 e. The molecule has 0 aliphatic rings. The van der Waals surface area contributed by atoms with Crippen molar-refractivity contribution < 1.29 is 4.79 Å². The normalized spacial score (nSPS) is 11.9. The first-order chi connectivity index (χ1) is 9.20. The number of hydrogen-bond acceptors (Lipinski definition) is 2. The standard InChI is InChI=1S/C16H18N2O/c1-3-12(2)18-16(19)15-10-9-14(11-17-15)13-7-5-4-6-8-13/h4-12H,3H2,1-2H3,(H,18,19). The molecule has 1 amide bonds. The van der Waals surface area contributed by atoms with Crippen molar-refractivity contribution in [3.05, 3.63) is 54.4 Å². The van der Waals surface area contributed by atoms with Gasteiger partial charge in [-0.05, 0) is 25.0 Å². The summed E-state index contributed by atoms with van der Waals surface area (Å²) in [6, 6.07) is 13.9. The second-order valence-electron chi connectivity index (χ2n) is 4.58. The van der Waals surface area contributed by atoms with Gasteiger partial charge in [0.1, 0.15) is 5.69 Å². The number of carbonyl (C=O) groups is 1. The summed E-state index contributed by atoms with van der Waals surface area (Å²) >= 11 is 0. The molecule has 3 nitrogen and oxygen atoms in total. The summed E-state index contributed by atoms with van der Waals surface area (Å²) in [6.07, 6.45) is 2.65. The number of carbonyl (C=O) groups excluding carboxylic acids is 1. The lowest BCUT2D eigenvalue weighted by Gasteiger charge is -2.10. The second kappa shape index (κ2) is 6.14. The average Bonchev–Trinajstić information content (AvgIpc) is 2.48. The van der Waals surface area contributed by atoms with E-state index in [-0.39, 0.29) is 11.9 Å². The van der Waals surface area contributed by atoms with E-state index in [0.717, 1.165) is 17.5 Å². The van der Waals surface area contributed by atoms with Crippen LogP contribution in [0, 0.1) is 0 Å². The number of nitrogens with one attached hydrogen (secondary N) is 1. The molecule has 98 valence electrons. The second-order valence-corrected chi connectivity index (χ2v) is 4.58. The fraction of sp³-hybridized carbons (Fsp3) is 0.250. The van der Waals surface area contributed by atoms with E-state index < -0.39 is 0 Å². The van der Waals surface area contributed by atoms with E-state index in [2.05, 4.69) is 10.3 Å². The minimum atomic E-state index is -0.117. The average molecular weight is 254 g/mol. The van der Waals surface area contributed by atoms with Gasteiger partial charge in [0, 0.05) is 17.8 Å². The quantitative estimate of drug-likeness (QED) is 0.909. The van der Waals surface area contributed by atoms with Crippen molar-refractivity contribution in [2.24, 2.45) is 0 Å². The van der Waals surface area contributed by atoms with Crippen LogP contribution in [-0.4, -0.2) is 16.9 Å². The number of benzene rings is 1. The molecule has 0 saturated carbocycles. The van der Waals surface area contributed by atoms with Gasteiger partial charge in [-0.3, -0.25) is 9.78 Å². The molecule has 3 heteroatoms. The summed E-state index contributed by atoms with van der Waals surface area (Å²) in [6.45, 7) is 4.02. The van der Waals surface area contributed by atoms with Crippen LogP contribution in [0.3, 0.4) is 0 Å². The van der Waals surface area contributed by atoms with Gasteiger partial charge in [-0.25, -0.2) is 0 Å². The molecule has 0 fully saturated rings. The van der Waals surface area contributed by atoms with Crippen LogP contribution in [0.2, 0.25) is 0 Å². The molecule has 1 N–H and O–H groups in total. The zero-order valence-electron chi connectivity index (χ0n) is 11.3. The van der Waals surface area contributed by atoms with Crippen LogP contribution >= 0.6 is 0 Å². The van der Waals surface area contributed by atoms with Crippen LogP contribution in [-0.2, 0) is 0 Å². The number of nitrogens with zero attached hydrogens (tertiary/aromatic N) is 1. The number of amides is 1. The zero-order chi connectivity index (χ0) is 13.7. The van der Waals surface area contributed by atoms with Crippen LogP contribution in [0.4, 0.5) is 0 Å². The van der Waals surface area contributed by atoms with E-state index in [1.54, 1.807) is 12.3 Å². The summed E-state index contributed by atoms with van der Waals surface area (Å²) in [5.41, 5.74) is 2.57. The number of rotatable bonds is 4. The van der Waals surface area contributed by atoms with Crippen molar-refractivity contribution in [2.45, 2.75) is 26.3 Å². The van der Waals surface area contributed by atoms with Gasteiger partial charge < -0.3 is 5.32 Å². The van der Waals surface area contributed by atoms with Crippen molar-refractivity contribution in [1.82, 2.24) is 10.3 Å². The van der Waals surface area contributed by atoms with Crippen molar-refractivity contribution in [3.63, 3.8) is 0 Å². The molecule has 1 heterocycles. The molecular formula is C16H18N2O. The summed E-state index contributed by atoms with van der Waals surface area (Å²) in [5.74, 6) is -0.117. The van der Waals surface area contributed by atoms with Crippen LogP contribution < -0.4 is 5.32 Å². The van der Waals surface area contributed by atoms with E-state index in [1.165, 1.54) is 0 Å². The first kappa shape index (κ1) is 13.3. The first-order valence-electron chi connectivity index (χ1n) is 6.53. The summed E-state index contributed by atoms with van der Waals surface area (Å²) in [7, 11) is 0. The molecule has 0 aliphatic heterocycles. The minimum absolute atomic E-state index is 0.117. The van der Waals surface area contributed by atoms with Gasteiger partial charge in [-0.2, -0.15) is 0 Å². The van der Waals surface area contributed by atoms with E-state index >= 15 is 0 Å². The zero-order valence-corrected chi connectivity index (χ0v) is 11.3. The monoisotopic (exact) mass is 254 g/mol. The maximum atomic E-state index is 11.9. The Labute approximate surface area is 113 Å². The Morgan fingerprint density at radius 2 is 1.89 bits per heavy atom. The minimum Gasteiger partial charge on any atom is -0.348 e. The molecule has 1 aromatic carbocycles. The van der Waals surface area contributed by atoms with E-state index in [4.69, 9.17) is 0 Å². The molecule has 2 rings (SSSR count). The number of hydrogen-bond donors (Lipinski definition) is 1. The molecule has 0 radical (unpaired) electrons. The molecule has 1 atom stereocenters. The Balaban J connectivity index is 2.13.